The lowest BCUT2D eigenvalue weighted by Gasteiger charge is -2.27. The minimum absolute atomic E-state index is 0.265. The maximum Gasteiger partial charge on any atom is 0.147 e. The molecule has 88 valence electrons. The number of hydrogen-bond donors (Lipinski definition) is 1. The SMILES string of the molecule is Cc1nc(C)n(C2CNCc3ccccc32)n1. The largest absolute Gasteiger partial charge is 0.310 e. The highest BCUT2D eigenvalue weighted by Gasteiger charge is 2.23. The van der Waals surface area contributed by atoms with E-state index in [1.54, 1.807) is 0 Å². The summed E-state index contributed by atoms with van der Waals surface area (Å²) >= 11 is 0. The van der Waals surface area contributed by atoms with Gasteiger partial charge in [-0.25, -0.2) is 9.67 Å². The second kappa shape index (κ2) is 3.96. The predicted molar refractivity (Wildman–Crippen MR) is 65.8 cm³/mol. The molecular formula is C13H16N4. The number of nitrogens with one attached hydrogen (secondary N) is 1. The second-order valence-corrected chi connectivity index (χ2v) is 4.50. The topological polar surface area (TPSA) is 42.7 Å². The summed E-state index contributed by atoms with van der Waals surface area (Å²) in [6.45, 7) is 5.81. The number of aromatic nitrogens is 3. The van der Waals surface area contributed by atoms with Crippen LogP contribution in [-0.2, 0) is 6.54 Å². The van der Waals surface area contributed by atoms with Crippen molar-refractivity contribution in [2.45, 2.75) is 26.4 Å². The van der Waals surface area contributed by atoms with Gasteiger partial charge in [0.1, 0.15) is 11.6 Å². The Morgan fingerprint density at radius 1 is 1.29 bits per heavy atom. The molecule has 1 aromatic carbocycles. The average molecular weight is 228 g/mol. The van der Waals surface area contributed by atoms with Crippen LogP contribution in [0.2, 0.25) is 0 Å². The Hall–Kier alpha value is -1.68. The number of rotatable bonds is 1. The fraction of sp³-hybridized carbons (Fsp3) is 0.385. The van der Waals surface area contributed by atoms with Crippen LogP contribution in [0.1, 0.15) is 28.8 Å². The predicted octanol–water partition coefficient (Wildman–Crippen LogP) is 1.59. The number of nitrogens with zero attached hydrogens (tertiary/aromatic N) is 3. The average Bonchev–Trinajstić information content (AvgIpc) is 2.68. The lowest BCUT2D eigenvalue weighted by Crippen LogP contribution is -2.33. The molecule has 1 N–H and O–H groups in total. The van der Waals surface area contributed by atoms with Crippen LogP contribution in [0.25, 0.3) is 0 Å². The zero-order chi connectivity index (χ0) is 11.8. The van der Waals surface area contributed by atoms with E-state index in [4.69, 9.17) is 0 Å². The maximum atomic E-state index is 4.50. The summed E-state index contributed by atoms with van der Waals surface area (Å²) in [5.74, 6) is 1.82. The minimum atomic E-state index is 0.265. The minimum Gasteiger partial charge on any atom is -0.310 e. The van der Waals surface area contributed by atoms with Gasteiger partial charge in [0.2, 0.25) is 0 Å². The summed E-state index contributed by atoms with van der Waals surface area (Å²) in [7, 11) is 0. The summed E-state index contributed by atoms with van der Waals surface area (Å²) in [6, 6.07) is 8.81. The van der Waals surface area contributed by atoms with E-state index in [0.717, 1.165) is 24.7 Å². The zero-order valence-corrected chi connectivity index (χ0v) is 10.1. The smallest absolute Gasteiger partial charge is 0.147 e. The van der Waals surface area contributed by atoms with Crippen LogP contribution in [0.3, 0.4) is 0 Å². The van der Waals surface area contributed by atoms with Crippen molar-refractivity contribution < 1.29 is 0 Å². The van der Waals surface area contributed by atoms with E-state index in [-0.39, 0.29) is 6.04 Å². The molecule has 1 aliphatic heterocycles. The van der Waals surface area contributed by atoms with Crippen molar-refractivity contribution in [2.24, 2.45) is 0 Å². The first-order chi connectivity index (χ1) is 8.25. The van der Waals surface area contributed by atoms with Crippen molar-refractivity contribution in [3.8, 4) is 0 Å². The maximum absolute atomic E-state index is 4.50. The first kappa shape index (κ1) is 10.5. The monoisotopic (exact) mass is 228 g/mol. The number of aryl methyl sites for hydroxylation is 2. The molecule has 2 heterocycles. The quantitative estimate of drug-likeness (QED) is 0.806. The Kier molecular flexibility index (Phi) is 2.44. The molecule has 17 heavy (non-hydrogen) atoms. The van der Waals surface area contributed by atoms with Gasteiger partial charge >= 0.3 is 0 Å². The standard InChI is InChI=1S/C13H16N4/c1-9-15-10(2)17(16-9)13-8-14-7-11-5-3-4-6-12(11)13/h3-6,13-14H,7-8H2,1-2H3. The van der Waals surface area contributed by atoms with E-state index < -0.39 is 0 Å². The molecule has 0 radical (unpaired) electrons. The molecule has 0 fully saturated rings. The summed E-state index contributed by atoms with van der Waals surface area (Å²) in [5, 5.41) is 7.94. The third-order valence-electron chi connectivity index (χ3n) is 3.27. The van der Waals surface area contributed by atoms with Gasteiger partial charge in [-0.05, 0) is 25.0 Å². The van der Waals surface area contributed by atoms with E-state index in [1.807, 2.05) is 18.5 Å². The van der Waals surface area contributed by atoms with Gasteiger partial charge < -0.3 is 5.32 Å². The van der Waals surface area contributed by atoms with Crippen molar-refractivity contribution >= 4 is 0 Å². The van der Waals surface area contributed by atoms with E-state index in [9.17, 15) is 0 Å². The number of benzene rings is 1. The van der Waals surface area contributed by atoms with Crippen molar-refractivity contribution in [1.29, 1.82) is 0 Å². The Morgan fingerprint density at radius 3 is 2.88 bits per heavy atom. The Balaban J connectivity index is 2.09. The van der Waals surface area contributed by atoms with Gasteiger partial charge in [-0.3, -0.25) is 0 Å². The van der Waals surface area contributed by atoms with Crippen molar-refractivity contribution in [3.05, 3.63) is 47.0 Å². The molecule has 1 unspecified atom stereocenters. The van der Waals surface area contributed by atoms with E-state index in [0.29, 0.717) is 0 Å². The molecule has 4 nitrogen and oxygen atoms in total. The fourth-order valence-electron chi connectivity index (χ4n) is 2.52. The van der Waals surface area contributed by atoms with E-state index in [2.05, 4.69) is 39.7 Å². The molecule has 0 bridgehead atoms. The first-order valence-corrected chi connectivity index (χ1v) is 5.94. The van der Waals surface area contributed by atoms with Gasteiger partial charge in [-0.15, -0.1) is 0 Å². The zero-order valence-electron chi connectivity index (χ0n) is 10.1. The molecule has 0 spiro atoms. The van der Waals surface area contributed by atoms with Crippen molar-refractivity contribution in [2.75, 3.05) is 6.54 Å². The van der Waals surface area contributed by atoms with Gasteiger partial charge in [0.05, 0.1) is 6.04 Å². The van der Waals surface area contributed by atoms with Gasteiger partial charge in [-0.1, -0.05) is 24.3 Å². The van der Waals surface area contributed by atoms with Crippen LogP contribution in [0, 0.1) is 13.8 Å². The molecule has 0 saturated carbocycles. The van der Waals surface area contributed by atoms with E-state index in [1.165, 1.54) is 11.1 Å². The van der Waals surface area contributed by atoms with Crippen molar-refractivity contribution in [1.82, 2.24) is 20.1 Å². The molecule has 1 aromatic heterocycles. The molecular weight excluding hydrogens is 212 g/mol. The van der Waals surface area contributed by atoms with Crippen molar-refractivity contribution in [3.63, 3.8) is 0 Å². The third kappa shape index (κ3) is 1.74. The lowest BCUT2D eigenvalue weighted by atomic mass is 9.97. The van der Waals surface area contributed by atoms with Gasteiger partial charge in [0.25, 0.3) is 0 Å². The summed E-state index contributed by atoms with van der Waals surface area (Å²) < 4.78 is 2.03. The molecule has 2 aromatic rings. The van der Waals surface area contributed by atoms with Crippen LogP contribution in [0.4, 0.5) is 0 Å². The van der Waals surface area contributed by atoms with Crippen LogP contribution < -0.4 is 5.32 Å². The Labute approximate surface area is 101 Å². The highest BCUT2D eigenvalue weighted by molar-refractivity contribution is 5.32. The highest BCUT2D eigenvalue weighted by atomic mass is 15.4. The molecule has 0 amide bonds. The summed E-state index contributed by atoms with van der Waals surface area (Å²) in [5.41, 5.74) is 2.72. The first-order valence-electron chi connectivity index (χ1n) is 5.94. The molecule has 4 heteroatoms. The highest BCUT2D eigenvalue weighted by Crippen LogP contribution is 2.25. The van der Waals surface area contributed by atoms with E-state index >= 15 is 0 Å². The van der Waals surface area contributed by atoms with Gasteiger partial charge in [-0.2, -0.15) is 5.10 Å². The second-order valence-electron chi connectivity index (χ2n) is 4.50. The Bertz CT molecular complexity index is 544. The normalized spacial score (nSPS) is 19.1. The number of hydrogen-bond acceptors (Lipinski definition) is 3. The summed E-state index contributed by atoms with van der Waals surface area (Å²) in [6.07, 6.45) is 0. The fourth-order valence-corrected chi connectivity index (χ4v) is 2.52. The molecule has 0 saturated heterocycles. The van der Waals surface area contributed by atoms with Gasteiger partial charge in [0, 0.05) is 13.1 Å². The molecule has 3 rings (SSSR count). The van der Waals surface area contributed by atoms with Crippen LogP contribution in [-0.4, -0.2) is 21.3 Å². The Morgan fingerprint density at radius 2 is 2.12 bits per heavy atom. The molecule has 1 atom stereocenters. The van der Waals surface area contributed by atoms with Gasteiger partial charge in [0.15, 0.2) is 0 Å². The van der Waals surface area contributed by atoms with Crippen LogP contribution in [0.15, 0.2) is 24.3 Å². The number of fused-ring (bicyclic) bond motifs is 1. The molecule has 1 aliphatic rings. The van der Waals surface area contributed by atoms with Crippen LogP contribution >= 0.6 is 0 Å². The third-order valence-corrected chi connectivity index (χ3v) is 3.27. The van der Waals surface area contributed by atoms with Crippen LogP contribution in [0.5, 0.6) is 0 Å². The summed E-state index contributed by atoms with van der Waals surface area (Å²) in [4.78, 5) is 4.38. The molecule has 0 aliphatic carbocycles. The lowest BCUT2D eigenvalue weighted by molar-refractivity contribution is 0.441.